The fourth-order valence-electron chi connectivity index (χ4n) is 4.35. The second-order valence-corrected chi connectivity index (χ2v) is 8.46. The molecular weight excluding hydrogens is 472 g/mol. The molecule has 16 heteroatoms. The van der Waals surface area contributed by atoms with Crippen LogP contribution in [0.25, 0.3) is 0 Å². The van der Waals surface area contributed by atoms with Crippen LogP contribution in [0.5, 0.6) is 0 Å². The normalized spacial score (nSPS) is 44.5. The first-order valence-corrected chi connectivity index (χ1v) is 10.3. The summed E-state index contributed by atoms with van der Waals surface area (Å²) in [6.45, 7) is -3.38. The molecular formula is C18H32O16. The number of carbonyl (C=O) groups excluding carboxylic acids is 1. The zero-order valence-electron chi connectivity index (χ0n) is 17.7. The van der Waals surface area contributed by atoms with Crippen molar-refractivity contribution in [2.45, 2.75) is 84.4 Å². The van der Waals surface area contributed by atoms with Gasteiger partial charge in [0, 0.05) is 0 Å². The quantitative estimate of drug-likeness (QED) is 0.130. The number of aliphatic hydroxyl groups excluding tert-OH is 11. The third-order valence-electron chi connectivity index (χ3n) is 6.48. The Hall–Kier alpha value is -0.930. The SMILES string of the molecule is O=C[C@@](O)([C@@H]1O[C@H](CO)[C@@H](O)[C@H](O)[C@H]1O)[C@@](O)([C@H](O)[C@H](O)CO)[C@@H]1O[C@H](CO)[C@@H](O)[C@H](O)[C@H]1O. The van der Waals surface area contributed by atoms with Gasteiger partial charge in [0.2, 0.25) is 0 Å². The third kappa shape index (κ3) is 4.49. The van der Waals surface area contributed by atoms with Gasteiger partial charge in [0.25, 0.3) is 0 Å². The predicted molar refractivity (Wildman–Crippen MR) is 103 cm³/mol. The summed E-state index contributed by atoms with van der Waals surface area (Å²) < 4.78 is 10.3. The molecule has 0 unspecified atom stereocenters. The number of carbonyl (C=O) groups is 1. The van der Waals surface area contributed by atoms with Crippen molar-refractivity contribution in [2.24, 2.45) is 0 Å². The lowest BCUT2D eigenvalue weighted by atomic mass is 9.66. The molecule has 0 bridgehead atoms. The van der Waals surface area contributed by atoms with Gasteiger partial charge in [-0.15, -0.1) is 0 Å². The van der Waals surface area contributed by atoms with Gasteiger partial charge in [-0.3, -0.25) is 4.79 Å². The van der Waals surface area contributed by atoms with Gasteiger partial charge in [0.15, 0.2) is 17.5 Å². The van der Waals surface area contributed by atoms with Crippen LogP contribution in [0.15, 0.2) is 0 Å². The lowest BCUT2D eigenvalue weighted by Gasteiger charge is -2.56. The Balaban J connectivity index is 2.71. The molecule has 0 saturated carbocycles. The van der Waals surface area contributed by atoms with E-state index in [0.29, 0.717) is 0 Å². The summed E-state index contributed by atoms with van der Waals surface area (Å²) in [4.78, 5) is 12.2. The van der Waals surface area contributed by atoms with Crippen molar-refractivity contribution in [2.75, 3.05) is 19.8 Å². The second-order valence-electron chi connectivity index (χ2n) is 8.46. The van der Waals surface area contributed by atoms with Crippen molar-refractivity contribution in [3.05, 3.63) is 0 Å². The van der Waals surface area contributed by atoms with Gasteiger partial charge in [-0.1, -0.05) is 0 Å². The highest BCUT2D eigenvalue weighted by atomic mass is 16.6. The molecule has 0 aliphatic carbocycles. The second kappa shape index (κ2) is 11.0. The molecule has 2 fully saturated rings. The van der Waals surface area contributed by atoms with Crippen LogP contribution in [0.4, 0.5) is 0 Å². The van der Waals surface area contributed by atoms with Crippen molar-refractivity contribution in [1.29, 1.82) is 0 Å². The van der Waals surface area contributed by atoms with Gasteiger partial charge in [0.1, 0.15) is 73.2 Å². The van der Waals surface area contributed by atoms with E-state index in [1.807, 2.05) is 0 Å². The summed E-state index contributed by atoms with van der Waals surface area (Å²) in [5.41, 5.74) is -7.39. The van der Waals surface area contributed by atoms with Crippen LogP contribution in [-0.4, -0.2) is 177 Å². The first-order valence-electron chi connectivity index (χ1n) is 10.3. The van der Waals surface area contributed by atoms with Crippen LogP contribution >= 0.6 is 0 Å². The first kappa shape index (κ1) is 29.3. The van der Waals surface area contributed by atoms with E-state index in [1.165, 1.54) is 0 Å². The minimum Gasteiger partial charge on any atom is -0.394 e. The van der Waals surface area contributed by atoms with Gasteiger partial charge < -0.3 is 75.9 Å². The van der Waals surface area contributed by atoms with E-state index in [9.17, 15) is 71.2 Å². The van der Waals surface area contributed by atoms with Gasteiger partial charge in [0.05, 0.1) is 19.8 Å². The lowest BCUT2D eigenvalue weighted by Crippen LogP contribution is -2.82. The molecule has 2 saturated heterocycles. The van der Waals surface area contributed by atoms with Crippen LogP contribution < -0.4 is 0 Å². The Labute approximate surface area is 192 Å². The zero-order chi connectivity index (χ0) is 26.2. The fourth-order valence-corrected chi connectivity index (χ4v) is 4.35. The average molecular weight is 504 g/mol. The first-order chi connectivity index (χ1) is 15.8. The minimum atomic E-state index is -3.71. The maximum absolute atomic E-state index is 12.2. The van der Waals surface area contributed by atoms with E-state index in [1.54, 1.807) is 0 Å². The van der Waals surface area contributed by atoms with E-state index in [4.69, 9.17) is 9.47 Å². The van der Waals surface area contributed by atoms with Crippen molar-refractivity contribution in [1.82, 2.24) is 0 Å². The molecule has 0 aromatic rings. The molecule has 0 aromatic carbocycles. The molecule has 14 atom stereocenters. The molecule has 34 heavy (non-hydrogen) atoms. The van der Waals surface area contributed by atoms with Crippen LogP contribution in [0.3, 0.4) is 0 Å². The highest BCUT2D eigenvalue weighted by Crippen LogP contribution is 2.43. The molecule has 0 spiro atoms. The molecule has 2 aliphatic rings. The monoisotopic (exact) mass is 504 g/mol. The lowest BCUT2D eigenvalue weighted by molar-refractivity contribution is -0.351. The van der Waals surface area contributed by atoms with E-state index < -0.39 is 111 Å². The Morgan fingerprint density at radius 2 is 1.12 bits per heavy atom. The maximum atomic E-state index is 12.2. The van der Waals surface area contributed by atoms with Gasteiger partial charge in [-0.2, -0.15) is 0 Å². The molecule has 0 aromatic heterocycles. The smallest absolute Gasteiger partial charge is 0.182 e. The van der Waals surface area contributed by atoms with Crippen LogP contribution in [0, 0.1) is 0 Å². The van der Waals surface area contributed by atoms with Gasteiger partial charge in [-0.25, -0.2) is 0 Å². The average Bonchev–Trinajstić information content (AvgIpc) is 2.84. The van der Waals surface area contributed by atoms with Gasteiger partial charge >= 0.3 is 0 Å². The summed E-state index contributed by atoms with van der Waals surface area (Å²) in [7, 11) is 0. The molecule has 16 nitrogen and oxygen atoms in total. The number of aliphatic hydroxyl groups is 13. The number of aldehydes is 1. The summed E-state index contributed by atoms with van der Waals surface area (Å²) >= 11 is 0. The molecule has 2 rings (SSSR count). The Kier molecular flexibility index (Phi) is 9.47. The molecule has 2 aliphatic heterocycles. The summed E-state index contributed by atoms with van der Waals surface area (Å²) in [5, 5.41) is 133. The van der Waals surface area contributed by atoms with E-state index in [-0.39, 0.29) is 0 Å². The Morgan fingerprint density at radius 3 is 1.50 bits per heavy atom. The summed E-state index contributed by atoms with van der Waals surface area (Å²) in [5.74, 6) is 0. The number of rotatable bonds is 9. The highest BCUT2D eigenvalue weighted by Gasteiger charge is 2.70. The molecule has 13 N–H and O–H groups in total. The topological polar surface area (TPSA) is 299 Å². The summed E-state index contributed by atoms with van der Waals surface area (Å²) in [6.07, 6.45) is -27.4. The van der Waals surface area contributed by atoms with Crippen LogP contribution in [-0.2, 0) is 14.3 Å². The summed E-state index contributed by atoms with van der Waals surface area (Å²) in [6, 6.07) is 0. The van der Waals surface area contributed by atoms with E-state index in [0.717, 1.165) is 0 Å². The standard InChI is InChI=1S/C18H32O16/c19-1-5(23)14(30)18(32,16-13(29)11(27)9(25)7(3-21)34-16)17(31,4-22)15-12(28)10(26)8(24)6(2-20)33-15/h4-16,19-21,23-32H,1-3H2/t5-,6-,7-,8-,9-,10+,11+,12-,13-,14-,15-,16-,17-,18-/m1/s1. The number of hydrogen-bond acceptors (Lipinski definition) is 16. The van der Waals surface area contributed by atoms with E-state index in [2.05, 4.69) is 0 Å². The van der Waals surface area contributed by atoms with Crippen molar-refractivity contribution >= 4 is 6.29 Å². The van der Waals surface area contributed by atoms with Crippen molar-refractivity contribution in [3.8, 4) is 0 Å². The van der Waals surface area contributed by atoms with Crippen LogP contribution in [0.1, 0.15) is 0 Å². The third-order valence-corrected chi connectivity index (χ3v) is 6.48. The predicted octanol–water partition coefficient (Wildman–Crippen LogP) is -8.95. The molecule has 0 radical (unpaired) electrons. The fraction of sp³-hybridized carbons (Fsp3) is 0.944. The zero-order valence-corrected chi connectivity index (χ0v) is 17.7. The minimum absolute atomic E-state index is 0.519. The molecule has 2 heterocycles. The van der Waals surface area contributed by atoms with Crippen LogP contribution in [0.2, 0.25) is 0 Å². The molecule has 0 amide bonds. The van der Waals surface area contributed by atoms with Crippen molar-refractivity contribution in [3.63, 3.8) is 0 Å². The molecule has 200 valence electrons. The maximum Gasteiger partial charge on any atom is 0.182 e. The largest absolute Gasteiger partial charge is 0.394 e. The highest BCUT2D eigenvalue weighted by molar-refractivity contribution is 5.67. The van der Waals surface area contributed by atoms with Gasteiger partial charge in [-0.05, 0) is 0 Å². The van der Waals surface area contributed by atoms with E-state index >= 15 is 0 Å². The Bertz CT molecular complexity index is 678. The Morgan fingerprint density at radius 1 is 0.706 bits per heavy atom. The van der Waals surface area contributed by atoms with Crippen molar-refractivity contribution < 1.29 is 80.7 Å². The number of ether oxygens (including phenoxy) is 2. The number of hydrogen-bond donors (Lipinski definition) is 13.